The van der Waals surface area contributed by atoms with Crippen LogP contribution in [0.15, 0.2) is 24.3 Å². The van der Waals surface area contributed by atoms with E-state index in [2.05, 4.69) is 5.32 Å². The molecule has 4 atom stereocenters. The lowest BCUT2D eigenvalue weighted by atomic mass is 9.94. The molecular formula is C20H28N2O4. The van der Waals surface area contributed by atoms with Gasteiger partial charge in [0.15, 0.2) is 5.78 Å². The van der Waals surface area contributed by atoms with Crippen LogP contribution in [0.3, 0.4) is 0 Å². The highest BCUT2D eigenvalue weighted by Gasteiger charge is 2.32. The van der Waals surface area contributed by atoms with Crippen molar-refractivity contribution >= 4 is 17.6 Å². The SMILES string of the molecule is [2H]C([2H])([2H])C([2H])(C)[C@]([2H])(O)C(=O)C[C@@H](C)C(=O)N[C@@H]1C(=O)N(C)CCc2ccccc21. The predicted octanol–water partition coefficient (Wildman–Crippen LogP) is 1.47. The Morgan fingerprint density at radius 1 is 1.42 bits per heavy atom. The molecule has 1 aromatic rings. The van der Waals surface area contributed by atoms with Gasteiger partial charge in [-0.15, -0.1) is 0 Å². The molecule has 1 aromatic carbocycles. The van der Waals surface area contributed by atoms with Crippen LogP contribution in [0.25, 0.3) is 0 Å². The monoisotopic (exact) mass is 365 g/mol. The molecule has 6 nitrogen and oxygen atoms in total. The fourth-order valence-corrected chi connectivity index (χ4v) is 2.90. The maximum absolute atomic E-state index is 12.8. The number of carbonyl (C=O) groups is 3. The highest BCUT2D eigenvalue weighted by molar-refractivity contribution is 5.92. The number of amides is 2. The van der Waals surface area contributed by atoms with Gasteiger partial charge in [-0.05, 0) is 23.4 Å². The van der Waals surface area contributed by atoms with Gasteiger partial charge in [-0.2, -0.15) is 0 Å². The summed E-state index contributed by atoms with van der Waals surface area (Å²) < 4.78 is 37.7. The Hall–Kier alpha value is -2.21. The molecule has 0 saturated carbocycles. The summed E-state index contributed by atoms with van der Waals surface area (Å²) in [6.45, 7) is -0.450. The number of fused-ring (bicyclic) bond motifs is 1. The molecule has 142 valence electrons. The number of Topliss-reactive ketones (excluding diaryl/α,β-unsaturated/α-hetero) is 1. The van der Waals surface area contributed by atoms with E-state index in [9.17, 15) is 19.5 Å². The van der Waals surface area contributed by atoms with Gasteiger partial charge in [0, 0.05) is 31.4 Å². The molecule has 0 bridgehead atoms. The van der Waals surface area contributed by atoms with Crippen LogP contribution in [0, 0.1) is 11.8 Å². The minimum absolute atomic E-state index is 0.310. The fourth-order valence-electron chi connectivity index (χ4n) is 2.90. The van der Waals surface area contributed by atoms with Gasteiger partial charge in [-0.1, -0.05) is 45.0 Å². The minimum atomic E-state index is -3.24. The first kappa shape index (κ1) is 13.9. The summed E-state index contributed by atoms with van der Waals surface area (Å²) in [5.74, 6) is -6.08. The molecule has 26 heavy (non-hydrogen) atoms. The lowest BCUT2D eigenvalue weighted by Gasteiger charge is -2.24. The second-order valence-electron chi connectivity index (χ2n) is 6.65. The van der Waals surface area contributed by atoms with Gasteiger partial charge in [0.1, 0.15) is 12.1 Å². The van der Waals surface area contributed by atoms with E-state index in [0.717, 1.165) is 12.5 Å². The fraction of sp³-hybridized carbons (Fsp3) is 0.550. The van der Waals surface area contributed by atoms with Gasteiger partial charge in [-0.25, -0.2) is 0 Å². The van der Waals surface area contributed by atoms with Crippen LogP contribution in [0.5, 0.6) is 0 Å². The number of benzene rings is 1. The maximum Gasteiger partial charge on any atom is 0.249 e. The first-order chi connectivity index (χ1) is 14.1. The first-order valence-corrected chi connectivity index (χ1v) is 8.50. The molecule has 1 unspecified atom stereocenters. The minimum Gasteiger partial charge on any atom is -0.385 e. The normalized spacial score (nSPS) is 26.3. The number of likely N-dealkylation sites (N-methyl/N-ethyl adjacent to an activating group) is 1. The molecule has 0 saturated heterocycles. The van der Waals surface area contributed by atoms with E-state index in [-0.39, 0.29) is 5.91 Å². The Labute approximate surface area is 161 Å². The maximum atomic E-state index is 12.8. The van der Waals surface area contributed by atoms with Crippen LogP contribution in [-0.4, -0.2) is 47.3 Å². The Morgan fingerprint density at radius 3 is 2.81 bits per heavy atom. The van der Waals surface area contributed by atoms with Gasteiger partial charge in [-0.3, -0.25) is 14.4 Å². The molecule has 6 heteroatoms. The summed E-state index contributed by atoms with van der Waals surface area (Å²) in [5.41, 5.74) is 1.57. The zero-order valence-corrected chi connectivity index (χ0v) is 15.2. The molecule has 0 radical (unpaired) electrons. The summed E-state index contributed by atoms with van der Waals surface area (Å²) >= 11 is 0. The van der Waals surface area contributed by atoms with E-state index >= 15 is 0 Å². The van der Waals surface area contributed by atoms with E-state index in [4.69, 9.17) is 6.85 Å². The highest BCUT2D eigenvalue weighted by atomic mass is 16.3. The van der Waals surface area contributed by atoms with Gasteiger partial charge < -0.3 is 15.3 Å². The number of carbonyl (C=O) groups excluding carboxylic acids is 3. The van der Waals surface area contributed by atoms with Gasteiger partial charge in [0.2, 0.25) is 11.8 Å². The lowest BCUT2D eigenvalue weighted by molar-refractivity contribution is -0.137. The van der Waals surface area contributed by atoms with Crippen LogP contribution in [0.1, 0.15) is 51.1 Å². The third-order valence-electron chi connectivity index (χ3n) is 4.55. The van der Waals surface area contributed by atoms with Crippen molar-refractivity contribution in [3.05, 3.63) is 35.4 Å². The van der Waals surface area contributed by atoms with Gasteiger partial charge in [0.05, 0.1) is 1.37 Å². The standard InChI is InChI=1S/C20H28N2O4/c1-12(2)18(24)16(23)11-13(3)19(25)21-17-15-8-6-5-7-14(15)9-10-22(4)20(17)26/h5-8,12-13,17-18,24H,9-11H2,1-4H3,(H,21,25)/t13-,17+,18+/m1/s1/i1D3,12D,18D/t12?,13-,17+,18+. The number of aliphatic hydroxyl groups is 1. The summed E-state index contributed by atoms with van der Waals surface area (Å²) in [4.78, 5) is 39.5. The van der Waals surface area contributed by atoms with Crippen LogP contribution < -0.4 is 5.32 Å². The van der Waals surface area contributed by atoms with Crippen molar-refractivity contribution < 1.29 is 26.3 Å². The van der Waals surface area contributed by atoms with Crippen LogP contribution >= 0.6 is 0 Å². The molecule has 2 rings (SSSR count). The van der Waals surface area contributed by atoms with Gasteiger partial charge in [0.25, 0.3) is 0 Å². The molecule has 2 amide bonds. The summed E-state index contributed by atoms with van der Waals surface area (Å²) in [5, 5.41) is 12.9. The van der Waals surface area contributed by atoms with E-state index in [0.29, 0.717) is 18.5 Å². The number of rotatable bonds is 6. The third-order valence-corrected chi connectivity index (χ3v) is 4.55. The molecular weight excluding hydrogens is 332 g/mol. The van der Waals surface area contributed by atoms with E-state index in [1.807, 2.05) is 12.1 Å². The number of hydrogen-bond acceptors (Lipinski definition) is 4. The topological polar surface area (TPSA) is 86.7 Å². The Bertz CT molecular complexity index is 869. The quantitative estimate of drug-likeness (QED) is 0.799. The number of hydrogen-bond donors (Lipinski definition) is 2. The first-order valence-electron chi connectivity index (χ1n) is 11.0. The largest absolute Gasteiger partial charge is 0.385 e. The molecule has 0 aromatic heterocycles. The Morgan fingerprint density at radius 2 is 2.12 bits per heavy atom. The van der Waals surface area contributed by atoms with Crippen molar-refractivity contribution in [3.63, 3.8) is 0 Å². The highest BCUT2D eigenvalue weighted by Crippen LogP contribution is 2.25. The number of ketones is 1. The average molecular weight is 365 g/mol. The second-order valence-corrected chi connectivity index (χ2v) is 6.65. The van der Waals surface area contributed by atoms with Crippen LogP contribution in [0.2, 0.25) is 0 Å². The average Bonchev–Trinajstić information content (AvgIpc) is 2.79. The third kappa shape index (κ3) is 4.49. The molecule has 0 aliphatic carbocycles. The number of nitrogens with one attached hydrogen (secondary N) is 1. The van der Waals surface area contributed by atoms with Crippen molar-refractivity contribution in [1.29, 1.82) is 0 Å². The van der Waals surface area contributed by atoms with E-state index in [1.165, 1.54) is 11.8 Å². The summed E-state index contributed by atoms with van der Waals surface area (Å²) in [7, 11) is 1.63. The number of nitrogens with zero attached hydrogens (tertiary/aromatic N) is 1. The zero-order valence-electron chi connectivity index (χ0n) is 20.2. The second kappa shape index (κ2) is 8.45. The van der Waals surface area contributed by atoms with Crippen molar-refractivity contribution in [3.8, 4) is 0 Å². The molecule has 1 aliphatic rings. The predicted molar refractivity (Wildman–Crippen MR) is 98.3 cm³/mol. The van der Waals surface area contributed by atoms with Crippen molar-refractivity contribution in [2.24, 2.45) is 11.8 Å². The van der Waals surface area contributed by atoms with E-state index < -0.39 is 48.9 Å². The van der Waals surface area contributed by atoms with Crippen molar-refractivity contribution in [1.82, 2.24) is 10.2 Å². The molecule has 0 fully saturated rings. The van der Waals surface area contributed by atoms with E-state index in [1.54, 1.807) is 19.2 Å². The zero-order chi connectivity index (χ0) is 23.8. The smallest absolute Gasteiger partial charge is 0.249 e. The Kier molecular flexibility index (Phi) is 4.52. The molecule has 0 spiro atoms. The summed E-state index contributed by atoms with van der Waals surface area (Å²) in [6, 6.07) is 6.27. The van der Waals surface area contributed by atoms with Crippen LogP contribution in [-0.2, 0) is 20.8 Å². The van der Waals surface area contributed by atoms with Gasteiger partial charge >= 0.3 is 0 Å². The summed E-state index contributed by atoms with van der Waals surface area (Å²) in [6.07, 6.45) is -3.27. The van der Waals surface area contributed by atoms with Crippen molar-refractivity contribution in [2.75, 3.05) is 13.6 Å². The lowest BCUT2D eigenvalue weighted by Crippen LogP contribution is -2.43. The molecule has 2 N–H and O–H groups in total. The Balaban J connectivity index is 2.19. The molecule has 1 heterocycles. The van der Waals surface area contributed by atoms with Crippen LogP contribution in [0.4, 0.5) is 0 Å². The van der Waals surface area contributed by atoms with Crippen molar-refractivity contribution in [2.45, 2.75) is 45.7 Å². The molecule has 1 aliphatic heterocycles.